The lowest BCUT2D eigenvalue weighted by atomic mass is 9.96. The highest BCUT2D eigenvalue weighted by Gasteiger charge is 2.43. The molecule has 218 valence electrons. The van der Waals surface area contributed by atoms with Crippen LogP contribution in [-0.2, 0) is 33.8 Å². The smallest absolute Gasteiger partial charge is 0.250 e. The first kappa shape index (κ1) is 29.2. The minimum atomic E-state index is -1.04. The molecular formula is C31H33ClN6O4. The predicted molar refractivity (Wildman–Crippen MR) is 158 cm³/mol. The van der Waals surface area contributed by atoms with Crippen molar-refractivity contribution >= 4 is 40.1 Å². The van der Waals surface area contributed by atoms with Crippen molar-refractivity contribution in [1.29, 1.82) is 0 Å². The number of fused-ring (bicyclic) bond motifs is 1. The summed E-state index contributed by atoms with van der Waals surface area (Å²) < 4.78 is 1.40. The van der Waals surface area contributed by atoms with Gasteiger partial charge in [0.05, 0.1) is 5.69 Å². The molecule has 0 saturated carbocycles. The van der Waals surface area contributed by atoms with E-state index in [4.69, 9.17) is 17.3 Å². The Bertz CT molecular complexity index is 1600. The van der Waals surface area contributed by atoms with Crippen molar-refractivity contribution < 1.29 is 19.5 Å². The first-order valence-corrected chi connectivity index (χ1v) is 14.3. The zero-order valence-corrected chi connectivity index (χ0v) is 24.0. The van der Waals surface area contributed by atoms with E-state index in [2.05, 4.69) is 10.3 Å². The fourth-order valence-electron chi connectivity index (χ4n) is 5.69. The standard InChI is InChI=1S/C31H33ClN6O4/c1-20-12-14-37(27(30(33)41)17-22-8-4-7-21-6-2-3-11-26(21)22)31(42)29(23-9-5-10-24(32)16-23)38(20)28(40)19-36-18-25(13-15-39)34-35-36/h2-11,16,18,20,27,29,39H,12-15,17,19H2,1H3,(H2,33,41)/t20-,27-,29+/m1/s1. The summed E-state index contributed by atoms with van der Waals surface area (Å²) in [6, 6.07) is 18.3. The quantitative estimate of drug-likeness (QED) is 0.309. The van der Waals surface area contributed by atoms with Crippen molar-refractivity contribution in [2.75, 3.05) is 13.2 Å². The number of nitrogens with zero attached hydrogens (tertiary/aromatic N) is 5. The van der Waals surface area contributed by atoms with Gasteiger partial charge in [-0.15, -0.1) is 5.10 Å². The molecule has 3 N–H and O–H groups in total. The van der Waals surface area contributed by atoms with Crippen molar-refractivity contribution in [2.45, 2.75) is 50.9 Å². The van der Waals surface area contributed by atoms with E-state index < -0.39 is 23.9 Å². The summed E-state index contributed by atoms with van der Waals surface area (Å²) in [5, 5.41) is 19.7. The Labute approximate surface area is 248 Å². The van der Waals surface area contributed by atoms with Crippen LogP contribution in [0.5, 0.6) is 0 Å². The summed E-state index contributed by atoms with van der Waals surface area (Å²) >= 11 is 6.35. The van der Waals surface area contributed by atoms with E-state index in [1.165, 1.54) is 9.58 Å². The molecule has 1 fully saturated rings. The highest BCUT2D eigenvalue weighted by molar-refractivity contribution is 6.30. The molecule has 2 heterocycles. The Balaban J connectivity index is 1.51. The monoisotopic (exact) mass is 588 g/mol. The second-order valence-electron chi connectivity index (χ2n) is 10.6. The number of hydrogen-bond donors (Lipinski definition) is 2. The first-order valence-electron chi connectivity index (χ1n) is 13.9. The number of carbonyl (C=O) groups is 3. The number of primary amides is 1. The number of hydrogen-bond acceptors (Lipinski definition) is 6. The van der Waals surface area contributed by atoms with Gasteiger partial charge in [0, 0.05) is 43.3 Å². The number of rotatable bonds is 9. The van der Waals surface area contributed by atoms with E-state index in [1.807, 2.05) is 49.4 Å². The fourth-order valence-corrected chi connectivity index (χ4v) is 5.89. The molecule has 5 rings (SSSR count). The van der Waals surface area contributed by atoms with E-state index in [0.29, 0.717) is 29.1 Å². The van der Waals surface area contributed by atoms with E-state index in [-0.39, 0.29) is 38.1 Å². The van der Waals surface area contributed by atoms with E-state index in [1.54, 1.807) is 35.4 Å². The first-order chi connectivity index (χ1) is 20.3. The predicted octanol–water partition coefficient (Wildman–Crippen LogP) is 2.91. The number of aliphatic hydroxyl groups is 1. The number of carbonyl (C=O) groups excluding carboxylic acids is 3. The molecule has 10 nitrogen and oxygen atoms in total. The molecule has 1 aromatic heterocycles. The molecule has 3 amide bonds. The fraction of sp³-hybridized carbons (Fsp3) is 0.323. The van der Waals surface area contributed by atoms with Gasteiger partial charge in [0.2, 0.25) is 11.8 Å². The summed E-state index contributed by atoms with van der Waals surface area (Å²) in [7, 11) is 0. The molecule has 1 aliphatic heterocycles. The number of amides is 3. The van der Waals surface area contributed by atoms with Gasteiger partial charge >= 0.3 is 0 Å². The Kier molecular flexibility index (Phi) is 8.84. The molecule has 11 heteroatoms. The topological polar surface area (TPSA) is 135 Å². The van der Waals surface area contributed by atoms with Crippen molar-refractivity contribution in [3.63, 3.8) is 0 Å². The van der Waals surface area contributed by atoms with Gasteiger partial charge in [-0.25, -0.2) is 4.68 Å². The lowest BCUT2D eigenvalue weighted by Crippen LogP contribution is -2.52. The number of benzene rings is 3. The van der Waals surface area contributed by atoms with E-state index in [9.17, 15) is 19.5 Å². The Morgan fingerprint density at radius 3 is 2.64 bits per heavy atom. The molecule has 3 aromatic carbocycles. The third kappa shape index (κ3) is 6.14. The number of aliphatic hydroxyl groups excluding tert-OH is 1. The van der Waals surface area contributed by atoms with Gasteiger partial charge in [0.1, 0.15) is 18.6 Å². The van der Waals surface area contributed by atoms with Crippen LogP contribution in [0.15, 0.2) is 72.9 Å². The Morgan fingerprint density at radius 1 is 1.12 bits per heavy atom. The zero-order valence-electron chi connectivity index (χ0n) is 23.3. The van der Waals surface area contributed by atoms with Crippen LogP contribution < -0.4 is 5.73 Å². The molecule has 3 atom stereocenters. The molecule has 1 aliphatic rings. The summed E-state index contributed by atoms with van der Waals surface area (Å²) in [5.74, 6) is -1.36. The largest absolute Gasteiger partial charge is 0.396 e. The van der Waals surface area contributed by atoms with Crippen LogP contribution in [-0.4, -0.2) is 72.9 Å². The van der Waals surface area contributed by atoms with Crippen LogP contribution in [0.4, 0.5) is 0 Å². The van der Waals surface area contributed by atoms with Crippen LogP contribution in [0.2, 0.25) is 5.02 Å². The second-order valence-corrected chi connectivity index (χ2v) is 11.0. The summed E-state index contributed by atoms with van der Waals surface area (Å²) in [6.45, 7) is 1.89. The average Bonchev–Trinajstić information content (AvgIpc) is 3.36. The van der Waals surface area contributed by atoms with Crippen LogP contribution in [0.3, 0.4) is 0 Å². The summed E-state index contributed by atoms with van der Waals surface area (Å²) in [5.41, 5.74) is 7.96. The van der Waals surface area contributed by atoms with Gasteiger partial charge in [-0.2, -0.15) is 0 Å². The maximum atomic E-state index is 14.5. The third-order valence-electron chi connectivity index (χ3n) is 7.76. The van der Waals surface area contributed by atoms with Crippen LogP contribution >= 0.6 is 11.6 Å². The zero-order chi connectivity index (χ0) is 29.8. The number of aromatic nitrogens is 3. The van der Waals surface area contributed by atoms with Gasteiger partial charge in [0.25, 0.3) is 5.91 Å². The van der Waals surface area contributed by atoms with Crippen LogP contribution in [0.1, 0.15) is 36.2 Å². The Hall–Kier alpha value is -4.28. The molecule has 0 radical (unpaired) electrons. The second kappa shape index (κ2) is 12.7. The van der Waals surface area contributed by atoms with Gasteiger partial charge in [-0.3, -0.25) is 14.4 Å². The van der Waals surface area contributed by atoms with Crippen molar-refractivity contribution in [1.82, 2.24) is 24.8 Å². The molecular weight excluding hydrogens is 556 g/mol. The highest BCUT2D eigenvalue weighted by atomic mass is 35.5. The molecule has 42 heavy (non-hydrogen) atoms. The normalized spacial score (nSPS) is 18.2. The highest BCUT2D eigenvalue weighted by Crippen LogP contribution is 2.33. The molecule has 0 aliphatic carbocycles. The summed E-state index contributed by atoms with van der Waals surface area (Å²) in [6.07, 6.45) is 2.59. The minimum Gasteiger partial charge on any atom is -0.396 e. The molecule has 1 saturated heterocycles. The average molecular weight is 589 g/mol. The SMILES string of the molecule is C[C@@H]1CCN([C@H](Cc2cccc3ccccc23)C(N)=O)C(=O)[C@H](c2cccc(Cl)c2)N1C(=O)Cn1cc(CCO)nn1. The van der Waals surface area contributed by atoms with Crippen LogP contribution in [0, 0.1) is 0 Å². The molecule has 4 aromatic rings. The summed E-state index contributed by atoms with van der Waals surface area (Å²) in [4.78, 5) is 44.4. The lowest BCUT2D eigenvalue weighted by molar-refractivity contribution is -0.148. The number of nitrogens with two attached hydrogens (primary N) is 1. The maximum Gasteiger partial charge on any atom is 0.250 e. The van der Waals surface area contributed by atoms with Gasteiger partial charge in [-0.1, -0.05) is 71.4 Å². The van der Waals surface area contributed by atoms with Crippen molar-refractivity contribution in [3.05, 3.63) is 94.8 Å². The third-order valence-corrected chi connectivity index (χ3v) is 7.99. The van der Waals surface area contributed by atoms with E-state index in [0.717, 1.165) is 16.3 Å². The van der Waals surface area contributed by atoms with Crippen molar-refractivity contribution in [3.8, 4) is 0 Å². The van der Waals surface area contributed by atoms with Gasteiger partial charge in [0.15, 0.2) is 0 Å². The maximum absolute atomic E-state index is 14.5. The van der Waals surface area contributed by atoms with E-state index >= 15 is 0 Å². The van der Waals surface area contributed by atoms with Gasteiger partial charge in [-0.05, 0) is 47.4 Å². The molecule has 0 spiro atoms. The lowest BCUT2D eigenvalue weighted by Gasteiger charge is -2.35. The van der Waals surface area contributed by atoms with Crippen LogP contribution in [0.25, 0.3) is 10.8 Å². The molecule has 0 bridgehead atoms. The minimum absolute atomic E-state index is 0.0865. The van der Waals surface area contributed by atoms with Gasteiger partial charge < -0.3 is 20.6 Å². The van der Waals surface area contributed by atoms with Crippen molar-refractivity contribution in [2.24, 2.45) is 5.73 Å². The molecule has 0 unspecified atom stereocenters. The number of halogens is 1. The Morgan fingerprint density at radius 2 is 1.88 bits per heavy atom.